The summed E-state index contributed by atoms with van der Waals surface area (Å²) in [6, 6.07) is 17.0. The van der Waals surface area contributed by atoms with Gasteiger partial charge in [-0.3, -0.25) is 9.59 Å². The molecule has 0 spiro atoms. The van der Waals surface area contributed by atoms with Crippen LogP contribution in [0.25, 0.3) is 11.1 Å². The lowest BCUT2D eigenvalue weighted by Gasteiger charge is -2.21. The first kappa shape index (κ1) is 21.2. The zero-order chi connectivity index (χ0) is 22.5. The van der Waals surface area contributed by atoms with Gasteiger partial charge < -0.3 is 19.6 Å². The fourth-order valence-corrected chi connectivity index (χ4v) is 3.62. The second kappa shape index (κ2) is 9.42. The predicted molar refractivity (Wildman–Crippen MR) is 117 cm³/mol. The summed E-state index contributed by atoms with van der Waals surface area (Å²) in [6.45, 7) is 1.83. The van der Waals surface area contributed by atoms with E-state index in [-0.39, 0.29) is 24.2 Å². The minimum absolute atomic E-state index is 0.128. The molecular weight excluding hydrogens is 410 g/mol. The molecule has 1 N–H and O–H groups in total. The lowest BCUT2D eigenvalue weighted by molar-refractivity contribution is -0.119. The van der Waals surface area contributed by atoms with Crippen molar-refractivity contribution >= 4 is 17.5 Å². The maximum atomic E-state index is 13.3. The van der Waals surface area contributed by atoms with Crippen molar-refractivity contribution in [1.29, 1.82) is 0 Å². The summed E-state index contributed by atoms with van der Waals surface area (Å²) in [4.78, 5) is 35.4. The number of nitrogens with one attached hydrogen (secondary N) is 1. The van der Waals surface area contributed by atoms with E-state index < -0.39 is 6.04 Å². The Kier molecular flexibility index (Phi) is 6.25. The standard InChI is InChI=1S/C23H23N5O4/c1-15(29)24-13-21-25-22(27-32-21)20-12-19(26-31-2)14-28(20)23(30)18-10-8-17(9-11-18)16-6-4-3-5-7-16/h3-11,20H,12-14H2,1-2H3,(H,24,29)/b26-19-/t20-/m0/s1. The van der Waals surface area contributed by atoms with Gasteiger partial charge in [0.15, 0.2) is 5.82 Å². The lowest BCUT2D eigenvalue weighted by Crippen LogP contribution is -2.31. The van der Waals surface area contributed by atoms with Crippen molar-refractivity contribution in [3.63, 3.8) is 0 Å². The molecular formula is C23H23N5O4. The molecule has 1 saturated heterocycles. The minimum atomic E-state index is -0.444. The number of carbonyl (C=O) groups is 2. The third-order valence-electron chi connectivity index (χ3n) is 5.15. The first-order chi connectivity index (χ1) is 15.5. The van der Waals surface area contributed by atoms with Gasteiger partial charge >= 0.3 is 0 Å². The first-order valence-corrected chi connectivity index (χ1v) is 10.2. The summed E-state index contributed by atoms with van der Waals surface area (Å²) < 4.78 is 5.24. The Balaban J connectivity index is 1.56. The summed E-state index contributed by atoms with van der Waals surface area (Å²) in [5.41, 5.74) is 3.37. The van der Waals surface area contributed by atoms with E-state index in [1.54, 1.807) is 4.90 Å². The molecule has 0 bridgehead atoms. The molecule has 0 aliphatic carbocycles. The monoisotopic (exact) mass is 433 g/mol. The summed E-state index contributed by atoms with van der Waals surface area (Å²) in [5.74, 6) is 0.271. The zero-order valence-electron chi connectivity index (χ0n) is 17.8. The van der Waals surface area contributed by atoms with E-state index in [4.69, 9.17) is 9.36 Å². The van der Waals surface area contributed by atoms with Crippen LogP contribution in [0.15, 0.2) is 64.3 Å². The summed E-state index contributed by atoms with van der Waals surface area (Å²) in [6.07, 6.45) is 0.431. The highest BCUT2D eigenvalue weighted by atomic mass is 16.6. The van der Waals surface area contributed by atoms with Gasteiger partial charge in [0, 0.05) is 18.9 Å². The van der Waals surface area contributed by atoms with Gasteiger partial charge in [-0.2, -0.15) is 4.98 Å². The van der Waals surface area contributed by atoms with Crippen LogP contribution >= 0.6 is 0 Å². The molecule has 9 heteroatoms. The van der Waals surface area contributed by atoms with E-state index in [0.29, 0.717) is 30.1 Å². The number of benzene rings is 2. The molecule has 2 heterocycles. The van der Waals surface area contributed by atoms with Crippen LogP contribution < -0.4 is 5.32 Å². The largest absolute Gasteiger partial charge is 0.399 e. The Morgan fingerprint density at radius 2 is 1.88 bits per heavy atom. The average molecular weight is 433 g/mol. The van der Waals surface area contributed by atoms with Crippen molar-refractivity contribution in [2.75, 3.05) is 13.7 Å². The molecule has 2 aromatic carbocycles. The zero-order valence-corrected chi connectivity index (χ0v) is 17.8. The van der Waals surface area contributed by atoms with Gasteiger partial charge in [0.25, 0.3) is 5.91 Å². The number of carbonyl (C=O) groups excluding carboxylic acids is 2. The second-order valence-corrected chi connectivity index (χ2v) is 7.39. The second-order valence-electron chi connectivity index (χ2n) is 7.39. The number of amides is 2. The number of oxime groups is 1. The number of aromatic nitrogens is 2. The lowest BCUT2D eigenvalue weighted by atomic mass is 10.0. The highest BCUT2D eigenvalue weighted by Gasteiger charge is 2.37. The van der Waals surface area contributed by atoms with Gasteiger partial charge in [0.2, 0.25) is 11.8 Å². The van der Waals surface area contributed by atoms with Gasteiger partial charge in [-0.15, -0.1) is 0 Å². The molecule has 4 rings (SSSR count). The molecule has 164 valence electrons. The maximum Gasteiger partial charge on any atom is 0.254 e. The number of hydrogen-bond acceptors (Lipinski definition) is 7. The molecule has 3 aromatic rings. The molecule has 1 aliphatic rings. The highest BCUT2D eigenvalue weighted by molar-refractivity contribution is 6.00. The minimum Gasteiger partial charge on any atom is -0.399 e. The predicted octanol–water partition coefficient (Wildman–Crippen LogP) is 2.96. The summed E-state index contributed by atoms with van der Waals surface area (Å²) >= 11 is 0. The van der Waals surface area contributed by atoms with Crippen molar-refractivity contribution in [1.82, 2.24) is 20.4 Å². The van der Waals surface area contributed by atoms with E-state index in [9.17, 15) is 9.59 Å². The third-order valence-corrected chi connectivity index (χ3v) is 5.15. The van der Waals surface area contributed by atoms with Gasteiger partial charge in [0.05, 0.1) is 18.8 Å². The van der Waals surface area contributed by atoms with Gasteiger partial charge in [-0.05, 0) is 23.3 Å². The number of likely N-dealkylation sites (tertiary alicyclic amines) is 1. The summed E-state index contributed by atoms with van der Waals surface area (Å²) in [5, 5.41) is 10.7. The van der Waals surface area contributed by atoms with Gasteiger partial charge in [-0.25, -0.2) is 0 Å². The van der Waals surface area contributed by atoms with Crippen LogP contribution in [0.4, 0.5) is 0 Å². The van der Waals surface area contributed by atoms with E-state index in [2.05, 4.69) is 20.6 Å². The fourth-order valence-electron chi connectivity index (χ4n) is 3.62. The van der Waals surface area contributed by atoms with Crippen LogP contribution in [-0.2, 0) is 16.2 Å². The van der Waals surface area contributed by atoms with E-state index in [1.165, 1.54) is 14.0 Å². The van der Waals surface area contributed by atoms with Crippen LogP contribution in [0.3, 0.4) is 0 Å². The van der Waals surface area contributed by atoms with Gasteiger partial charge in [0.1, 0.15) is 13.2 Å². The SMILES string of the molecule is CO/N=C1/C[C@@H](c2noc(CNC(C)=O)n2)N(C(=O)c2ccc(-c3ccccc3)cc2)C1. The topological polar surface area (TPSA) is 110 Å². The Labute approximate surface area is 185 Å². The Bertz CT molecular complexity index is 1120. The Hall–Kier alpha value is -4.01. The molecule has 0 saturated carbocycles. The Morgan fingerprint density at radius 1 is 1.16 bits per heavy atom. The van der Waals surface area contributed by atoms with Crippen molar-refractivity contribution < 1.29 is 18.9 Å². The molecule has 0 radical (unpaired) electrons. The molecule has 32 heavy (non-hydrogen) atoms. The third kappa shape index (κ3) is 4.66. The molecule has 2 amide bonds. The highest BCUT2D eigenvalue weighted by Crippen LogP contribution is 2.31. The van der Waals surface area contributed by atoms with Crippen molar-refractivity contribution in [2.24, 2.45) is 5.16 Å². The van der Waals surface area contributed by atoms with E-state index in [0.717, 1.165) is 11.1 Å². The van der Waals surface area contributed by atoms with Crippen molar-refractivity contribution in [2.45, 2.75) is 25.9 Å². The molecule has 1 aromatic heterocycles. The number of rotatable bonds is 6. The normalized spacial score (nSPS) is 16.9. The van der Waals surface area contributed by atoms with Crippen LogP contribution in [0.5, 0.6) is 0 Å². The van der Waals surface area contributed by atoms with E-state index >= 15 is 0 Å². The van der Waals surface area contributed by atoms with Gasteiger partial charge in [-0.1, -0.05) is 52.8 Å². The smallest absolute Gasteiger partial charge is 0.254 e. The molecule has 1 fully saturated rings. The van der Waals surface area contributed by atoms with E-state index in [1.807, 2.05) is 54.6 Å². The average Bonchev–Trinajstić information content (AvgIpc) is 3.45. The van der Waals surface area contributed by atoms with Crippen LogP contribution in [0.1, 0.15) is 41.5 Å². The summed E-state index contributed by atoms with van der Waals surface area (Å²) in [7, 11) is 1.47. The van der Waals surface area contributed by atoms with Crippen molar-refractivity contribution in [3.8, 4) is 11.1 Å². The molecule has 1 atom stereocenters. The molecule has 0 unspecified atom stereocenters. The number of nitrogens with zero attached hydrogens (tertiary/aromatic N) is 4. The quantitative estimate of drug-likeness (QED) is 0.599. The molecule has 1 aliphatic heterocycles. The van der Waals surface area contributed by atoms with Crippen LogP contribution in [-0.4, -0.2) is 46.2 Å². The number of hydrogen-bond donors (Lipinski definition) is 1. The molecule has 9 nitrogen and oxygen atoms in total. The Morgan fingerprint density at radius 3 is 2.56 bits per heavy atom. The van der Waals surface area contributed by atoms with Crippen molar-refractivity contribution in [3.05, 3.63) is 71.9 Å². The van der Waals surface area contributed by atoms with Crippen LogP contribution in [0, 0.1) is 0 Å². The fraction of sp³-hybridized carbons (Fsp3) is 0.261. The van der Waals surface area contributed by atoms with Crippen LogP contribution in [0.2, 0.25) is 0 Å². The first-order valence-electron chi connectivity index (χ1n) is 10.2. The maximum absolute atomic E-state index is 13.3.